The first-order chi connectivity index (χ1) is 10.1. The molecule has 0 amide bonds. The van der Waals surface area contributed by atoms with Crippen LogP contribution in [0.2, 0.25) is 0 Å². The molecule has 2 aliphatic heterocycles. The van der Waals surface area contributed by atoms with Crippen LogP contribution in [0.25, 0.3) is 0 Å². The van der Waals surface area contributed by atoms with Crippen molar-refractivity contribution in [3.63, 3.8) is 0 Å². The van der Waals surface area contributed by atoms with Gasteiger partial charge in [-0.2, -0.15) is 0 Å². The van der Waals surface area contributed by atoms with E-state index in [-0.39, 0.29) is 23.9 Å². The molecule has 2 saturated heterocycles. The molecule has 1 saturated carbocycles. The standard InChI is InChI=1S/C17H22O4/c1-16(2)19-11-17(21-16)8-13(15-14(9-17)20-15)18-10-12-6-4-3-5-7-12/h3-7,13-15H,8-11H2,1-2H3/t13-,14?,15?,17-/m1/s1. The predicted molar refractivity (Wildman–Crippen MR) is 76.8 cm³/mol. The van der Waals surface area contributed by atoms with Gasteiger partial charge in [-0.3, -0.25) is 0 Å². The molecule has 1 spiro atoms. The molecule has 0 aromatic heterocycles. The van der Waals surface area contributed by atoms with Crippen molar-refractivity contribution in [3.05, 3.63) is 35.9 Å². The van der Waals surface area contributed by atoms with Gasteiger partial charge < -0.3 is 18.9 Å². The van der Waals surface area contributed by atoms with E-state index in [0.717, 1.165) is 12.8 Å². The molecule has 4 nitrogen and oxygen atoms in total. The number of rotatable bonds is 3. The van der Waals surface area contributed by atoms with E-state index in [9.17, 15) is 0 Å². The molecular weight excluding hydrogens is 268 g/mol. The predicted octanol–water partition coefficient (Wildman–Crippen LogP) is 2.65. The van der Waals surface area contributed by atoms with Crippen molar-refractivity contribution in [2.75, 3.05) is 6.61 Å². The zero-order chi connectivity index (χ0) is 14.5. The molecule has 1 aliphatic carbocycles. The Balaban J connectivity index is 1.42. The van der Waals surface area contributed by atoms with Gasteiger partial charge in [0.15, 0.2) is 5.79 Å². The molecular formula is C17H22O4. The Kier molecular flexibility index (Phi) is 3.12. The van der Waals surface area contributed by atoms with Crippen LogP contribution in [0.5, 0.6) is 0 Å². The largest absolute Gasteiger partial charge is 0.371 e. The summed E-state index contributed by atoms with van der Waals surface area (Å²) in [7, 11) is 0. The summed E-state index contributed by atoms with van der Waals surface area (Å²) in [6.45, 7) is 5.21. The lowest BCUT2D eigenvalue weighted by atomic mass is 9.83. The van der Waals surface area contributed by atoms with Crippen molar-refractivity contribution < 1.29 is 18.9 Å². The Morgan fingerprint density at radius 2 is 2.00 bits per heavy atom. The number of hydrogen-bond donors (Lipinski definition) is 0. The summed E-state index contributed by atoms with van der Waals surface area (Å²) in [5.41, 5.74) is 0.959. The van der Waals surface area contributed by atoms with Gasteiger partial charge in [0.25, 0.3) is 0 Å². The van der Waals surface area contributed by atoms with Crippen LogP contribution in [0.1, 0.15) is 32.3 Å². The van der Waals surface area contributed by atoms with Crippen LogP contribution in [-0.4, -0.2) is 36.3 Å². The Morgan fingerprint density at radius 3 is 2.71 bits per heavy atom. The summed E-state index contributed by atoms with van der Waals surface area (Å²) in [5, 5.41) is 0. The van der Waals surface area contributed by atoms with Crippen LogP contribution in [0.4, 0.5) is 0 Å². The fraction of sp³-hybridized carbons (Fsp3) is 0.647. The van der Waals surface area contributed by atoms with Crippen LogP contribution in [0.3, 0.4) is 0 Å². The minimum atomic E-state index is -0.494. The minimum Gasteiger partial charge on any atom is -0.371 e. The van der Waals surface area contributed by atoms with Crippen molar-refractivity contribution in [1.82, 2.24) is 0 Å². The minimum absolute atomic E-state index is 0.0986. The van der Waals surface area contributed by atoms with Crippen molar-refractivity contribution in [2.24, 2.45) is 0 Å². The van der Waals surface area contributed by atoms with Gasteiger partial charge in [-0.1, -0.05) is 30.3 Å². The van der Waals surface area contributed by atoms with E-state index in [2.05, 4.69) is 12.1 Å². The highest BCUT2D eigenvalue weighted by Crippen LogP contribution is 2.49. The van der Waals surface area contributed by atoms with Gasteiger partial charge in [-0.05, 0) is 19.4 Å². The van der Waals surface area contributed by atoms with Crippen LogP contribution in [-0.2, 0) is 25.6 Å². The number of epoxide rings is 1. The maximum Gasteiger partial charge on any atom is 0.163 e. The van der Waals surface area contributed by atoms with E-state index < -0.39 is 5.79 Å². The topological polar surface area (TPSA) is 40.2 Å². The fourth-order valence-corrected chi connectivity index (χ4v) is 3.60. The smallest absolute Gasteiger partial charge is 0.163 e. The van der Waals surface area contributed by atoms with E-state index >= 15 is 0 Å². The number of fused-ring (bicyclic) bond motifs is 1. The SMILES string of the molecule is CC1(C)OC[C@@]2(CC3OC3[C@H](OCc3ccccc3)C2)O1. The molecule has 0 radical (unpaired) electrons. The molecule has 4 rings (SSSR count). The number of benzene rings is 1. The second kappa shape index (κ2) is 4.78. The Hall–Kier alpha value is -0.940. The summed E-state index contributed by atoms with van der Waals surface area (Å²) < 4.78 is 23.8. The molecule has 1 aromatic rings. The molecule has 2 heterocycles. The Labute approximate surface area is 125 Å². The van der Waals surface area contributed by atoms with Crippen molar-refractivity contribution >= 4 is 0 Å². The van der Waals surface area contributed by atoms with Gasteiger partial charge in [0, 0.05) is 12.8 Å². The summed E-state index contributed by atoms with van der Waals surface area (Å²) in [5.74, 6) is -0.494. The Bertz CT molecular complexity index is 515. The third kappa shape index (κ3) is 2.73. The summed E-state index contributed by atoms with van der Waals surface area (Å²) >= 11 is 0. The number of hydrogen-bond acceptors (Lipinski definition) is 4. The van der Waals surface area contributed by atoms with Gasteiger partial charge in [0.1, 0.15) is 11.7 Å². The normalized spacial score (nSPS) is 40.2. The first-order valence-corrected chi connectivity index (χ1v) is 7.70. The first kappa shape index (κ1) is 13.7. The van der Waals surface area contributed by atoms with Gasteiger partial charge in [-0.25, -0.2) is 0 Å². The molecule has 0 N–H and O–H groups in total. The zero-order valence-corrected chi connectivity index (χ0v) is 12.6. The highest BCUT2D eigenvalue weighted by Gasteiger charge is 2.60. The van der Waals surface area contributed by atoms with Crippen molar-refractivity contribution in [2.45, 2.75) is 63.0 Å². The second-order valence-corrected chi connectivity index (χ2v) is 6.86. The van der Waals surface area contributed by atoms with E-state index in [1.165, 1.54) is 5.56 Å². The molecule has 2 unspecified atom stereocenters. The lowest BCUT2D eigenvalue weighted by Gasteiger charge is -2.34. The van der Waals surface area contributed by atoms with Gasteiger partial charge in [-0.15, -0.1) is 0 Å². The molecule has 4 atom stereocenters. The summed E-state index contributed by atoms with van der Waals surface area (Å²) in [4.78, 5) is 0. The molecule has 21 heavy (non-hydrogen) atoms. The monoisotopic (exact) mass is 290 g/mol. The molecule has 114 valence electrons. The third-order valence-corrected chi connectivity index (χ3v) is 4.59. The maximum absolute atomic E-state index is 6.17. The van der Waals surface area contributed by atoms with Crippen LogP contribution in [0, 0.1) is 0 Å². The van der Waals surface area contributed by atoms with E-state index in [0.29, 0.717) is 13.2 Å². The zero-order valence-electron chi connectivity index (χ0n) is 12.6. The Morgan fingerprint density at radius 1 is 1.19 bits per heavy atom. The highest BCUT2D eigenvalue weighted by atomic mass is 16.8. The van der Waals surface area contributed by atoms with Gasteiger partial charge >= 0.3 is 0 Å². The lowest BCUT2D eigenvalue weighted by molar-refractivity contribution is -0.174. The third-order valence-electron chi connectivity index (χ3n) is 4.59. The lowest BCUT2D eigenvalue weighted by Crippen LogP contribution is -2.45. The molecule has 3 aliphatic rings. The maximum atomic E-state index is 6.17. The molecule has 3 fully saturated rings. The van der Waals surface area contributed by atoms with Gasteiger partial charge in [0.2, 0.25) is 0 Å². The van der Waals surface area contributed by atoms with Crippen LogP contribution >= 0.6 is 0 Å². The van der Waals surface area contributed by atoms with E-state index in [4.69, 9.17) is 18.9 Å². The fourth-order valence-electron chi connectivity index (χ4n) is 3.60. The van der Waals surface area contributed by atoms with Crippen LogP contribution in [0.15, 0.2) is 30.3 Å². The number of ether oxygens (including phenoxy) is 4. The van der Waals surface area contributed by atoms with Crippen LogP contribution < -0.4 is 0 Å². The second-order valence-electron chi connectivity index (χ2n) is 6.86. The quantitative estimate of drug-likeness (QED) is 0.802. The van der Waals surface area contributed by atoms with E-state index in [1.54, 1.807) is 0 Å². The average Bonchev–Trinajstić information content (AvgIpc) is 3.16. The molecule has 1 aromatic carbocycles. The molecule has 0 bridgehead atoms. The molecule has 4 heteroatoms. The van der Waals surface area contributed by atoms with Gasteiger partial charge in [0.05, 0.1) is 25.4 Å². The first-order valence-electron chi connectivity index (χ1n) is 7.70. The van der Waals surface area contributed by atoms with Crippen molar-refractivity contribution in [3.8, 4) is 0 Å². The summed E-state index contributed by atoms with van der Waals surface area (Å²) in [6.07, 6.45) is 2.39. The van der Waals surface area contributed by atoms with E-state index in [1.807, 2.05) is 32.0 Å². The van der Waals surface area contributed by atoms with Crippen molar-refractivity contribution in [1.29, 1.82) is 0 Å². The highest BCUT2D eigenvalue weighted by molar-refractivity contribution is 5.14. The average molecular weight is 290 g/mol. The summed E-state index contributed by atoms with van der Waals surface area (Å²) in [6, 6.07) is 10.3.